The van der Waals surface area contributed by atoms with Crippen LogP contribution >= 0.6 is 0 Å². The number of ether oxygens (including phenoxy) is 3. The first-order chi connectivity index (χ1) is 18.8. The molecule has 2 aromatic rings. The lowest BCUT2D eigenvalue weighted by Crippen LogP contribution is -2.53. The van der Waals surface area contributed by atoms with Crippen molar-refractivity contribution < 1.29 is 62.9 Å². The van der Waals surface area contributed by atoms with Crippen LogP contribution in [0.4, 0.5) is 8.78 Å². The maximum absolute atomic E-state index is 14.1. The van der Waals surface area contributed by atoms with Crippen LogP contribution < -0.4 is 4.74 Å². The third-order valence-corrected chi connectivity index (χ3v) is 7.81. The molecule has 0 amide bonds. The average Bonchev–Trinajstić information content (AvgIpc) is 2.91. The van der Waals surface area contributed by atoms with Gasteiger partial charge in [0.25, 0.3) is 5.92 Å². The third kappa shape index (κ3) is 3.99. The zero-order valence-electron chi connectivity index (χ0n) is 21.3. The Labute approximate surface area is 225 Å². The summed E-state index contributed by atoms with van der Waals surface area (Å²) in [7, 11) is 1.28. The Balaban J connectivity index is 1.68. The molecule has 1 heterocycles. The summed E-state index contributed by atoms with van der Waals surface area (Å²) in [5.41, 5.74) is -4.40. The summed E-state index contributed by atoms with van der Waals surface area (Å²) in [5, 5.41) is 53.3. The fraction of sp³-hybridized carbons (Fsp3) is 0.444. The number of rotatable bonds is 5. The molecule has 0 radical (unpaired) electrons. The lowest BCUT2D eigenvalue weighted by molar-refractivity contribution is -0.309. The smallest absolute Gasteiger partial charge is 0.298 e. The van der Waals surface area contributed by atoms with E-state index in [0.717, 1.165) is 6.92 Å². The molecule has 1 fully saturated rings. The number of alkyl halides is 2. The molecule has 1 saturated heterocycles. The maximum atomic E-state index is 14.1. The number of ketones is 3. The van der Waals surface area contributed by atoms with E-state index in [1.54, 1.807) is 0 Å². The lowest BCUT2D eigenvalue weighted by Gasteiger charge is -2.42. The molecular formula is C27H26F2O11. The summed E-state index contributed by atoms with van der Waals surface area (Å²) >= 11 is 0. The molecule has 5 unspecified atom stereocenters. The number of fused-ring (bicyclic) bond motifs is 3. The minimum absolute atomic E-state index is 0.0355. The van der Waals surface area contributed by atoms with Gasteiger partial charge in [-0.2, -0.15) is 0 Å². The lowest BCUT2D eigenvalue weighted by atomic mass is 9.72. The van der Waals surface area contributed by atoms with Gasteiger partial charge in [-0.3, -0.25) is 14.4 Å². The number of halogens is 2. The first kappa shape index (κ1) is 28.1. The first-order valence-corrected chi connectivity index (χ1v) is 12.4. The second-order valence-electron chi connectivity index (χ2n) is 10.1. The fourth-order valence-corrected chi connectivity index (χ4v) is 5.65. The van der Waals surface area contributed by atoms with Crippen molar-refractivity contribution in [1.29, 1.82) is 0 Å². The van der Waals surface area contributed by atoms with Gasteiger partial charge in [-0.1, -0.05) is 12.1 Å². The number of carbonyl (C=O) groups excluding carboxylic acids is 3. The molecule has 0 saturated carbocycles. The van der Waals surface area contributed by atoms with Gasteiger partial charge in [-0.05, 0) is 13.0 Å². The molecule has 214 valence electrons. The second kappa shape index (κ2) is 9.56. The van der Waals surface area contributed by atoms with E-state index in [2.05, 4.69) is 0 Å². The van der Waals surface area contributed by atoms with Crippen molar-refractivity contribution in [3.63, 3.8) is 0 Å². The number of methoxy groups -OCH3 is 1. The van der Waals surface area contributed by atoms with Crippen molar-refractivity contribution in [3.05, 3.63) is 51.6 Å². The predicted molar refractivity (Wildman–Crippen MR) is 129 cm³/mol. The van der Waals surface area contributed by atoms with Crippen molar-refractivity contribution in [1.82, 2.24) is 0 Å². The number of phenols is 2. The van der Waals surface area contributed by atoms with Crippen molar-refractivity contribution >= 4 is 17.3 Å². The SMILES string of the molecule is COc1cccc2c1C(=O)c1c(O)c3c(c(O)c1C2=O)CC(O)(C(=O)CO)CC3OC1CC(O)C(F)(F)C(C)O1. The molecule has 2 aromatic carbocycles. The Morgan fingerprint density at radius 3 is 2.42 bits per heavy atom. The molecule has 40 heavy (non-hydrogen) atoms. The van der Waals surface area contributed by atoms with Gasteiger partial charge < -0.3 is 39.7 Å². The number of aliphatic hydroxyl groups excluding tert-OH is 2. The number of aromatic hydroxyl groups is 2. The molecule has 5 rings (SSSR count). The molecule has 3 aliphatic rings. The Bertz CT molecular complexity index is 1420. The molecule has 2 aliphatic carbocycles. The van der Waals surface area contributed by atoms with Crippen LogP contribution in [0, 0.1) is 0 Å². The van der Waals surface area contributed by atoms with E-state index in [1.165, 1.54) is 25.3 Å². The molecule has 11 nitrogen and oxygen atoms in total. The van der Waals surface area contributed by atoms with Crippen LogP contribution in [0.15, 0.2) is 18.2 Å². The van der Waals surface area contributed by atoms with Gasteiger partial charge in [-0.25, -0.2) is 8.78 Å². The van der Waals surface area contributed by atoms with E-state index in [9.17, 15) is 48.7 Å². The first-order valence-electron chi connectivity index (χ1n) is 12.4. The van der Waals surface area contributed by atoms with Gasteiger partial charge in [0.2, 0.25) is 5.78 Å². The van der Waals surface area contributed by atoms with Crippen LogP contribution in [0.3, 0.4) is 0 Å². The van der Waals surface area contributed by atoms with Crippen LogP contribution in [-0.2, 0) is 20.7 Å². The van der Waals surface area contributed by atoms with Gasteiger partial charge in [-0.15, -0.1) is 0 Å². The van der Waals surface area contributed by atoms with Crippen molar-refractivity contribution in [3.8, 4) is 17.2 Å². The molecule has 5 atom stereocenters. The van der Waals surface area contributed by atoms with E-state index in [-0.39, 0.29) is 28.0 Å². The third-order valence-electron chi connectivity index (χ3n) is 7.81. The molecule has 0 aromatic heterocycles. The summed E-state index contributed by atoms with van der Waals surface area (Å²) in [5.74, 6) is -7.95. The summed E-state index contributed by atoms with van der Waals surface area (Å²) < 4.78 is 44.5. The Kier molecular flexibility index (Phi) is 6.70. The number of hydrogen-bond acceptors (Lipinski definition) is 11. The highest BCUT2D eigenvalue weighted by molar-refractivity contribution is 6.31. The van der Waals surface area contributed by atoms with E-state index >= 15 is 0 Å². The second-order valence-corrected chi connectivity index (χ2v) is 10.1. The van der Waals surface area contributed by atoms with E-state index < -0.39 is 102 Å². The van der Waals surface area contributed by atoms with Crippen LogP contribution in [0.25, 0.3) is 0 Å². The van der Waals surface area contributed by atoms with Crippen LogP contribution in [-0.4, -0.2) is 86.6 Å². The predicted octanol–water partition coefficient (Wildman–Crippen LogP) is 1.31. The minimum Gasteiger partial charge on any atom is -0.507 e. The topological polar surface area (TPSA) is 180 Å². The summed E-state index contributed by atoms with van der Waals surface area (Å²) in [6.07, 6.45) is -9.11. The molecular weight excluding hydrogens is 538 g/mol. The average molecular weight is 564 g/mol. The van der Waals surface area contributed by atoms with Crippen LogP contribution in [0.1, 0.15) is 68.8 Å². The van der Waals surface area contributed by atoms with E-state index in [0.29, 0.717) is 0 Å². The number of phenolic OH excluding ortho intramolecular Hbond substituents is 2. The van der Waals surface area contributed by atoms with Gasteiger partial charge in [0, 0.05) is 36.0 Å². The molecule has 5 N–H and O–H groups in total. The van der Waals surface area contributed by atoms with E-state index in [1.807, 2.05) is 0 Å². The molecule has 0 bridgehead atoms. The Morgan fingerprint density at radius 1 is 1.12 bits per heavy atom. The largest absolute Gasteiger partial charge is 0.507 e. The number of hydrogen-bond donors (Lipinski definition) is 5. The monoisotopic (exact) mass is 564 g/mol. The van der Waals surface area contributed by atoms with Crippen LogP contribution in [0.2, 0.25) is 0 Å². The number of Topliss-reactive ketones (excluding diaryl/α,β-unsaturated/α-hetero) is 1. The molecule has 1 aliphatic heterocycles. The quantitative estimate of drug-likeness (QED) is 0.282. The maximum Gasteiger partial charge on any atom is 0.298 e. The highest BCUT2D eigenvalue weighted by Crippen LogP contribution is 2.52. The van der Waals surface area contributed by atoms with E-state index in [4.69, 9.17) is 14.2 Å². The normalized spacial score (nSPS) is 28.9. The molecule has 0 spiro atoms. The van der Waals surface area contributed by atoms with Gasteiger partial charge in [0.1, 0.15) is 41.7 Å². The number of carbonyl (C=O) groups is 3. The Hall–Kier alpha value is -3.49. The standard InChI is InChI=1S/C27H26F2O11/c1-10-27(28,29)15(31)6-17(39-10)40-14-8-26(37,16(32)9-30)7-12-19(14)25(36)21-20(23(12)34)22(33)11-4-3-5-13(38-2)18(11)24(21)35/h3-5,10,14-15,17,30-31,34,36-37H,6-9H2,1-2H3. The van der Waals surface area contributed by atoms with Gasteiger partial charge in [0.15, 0.2) is 17.9 Å². The van der Waals surface area contributed by atoms with Crippen molar-refractivity contribution in [2.45, 2.75) is 62.3 Å². The fourth-order valence-electron chi connectivity index (χ4n) is 5.65. The Morgan fingerprint density at radius 2 is 1.80 bits per heavy atom. The zero-order chi connectivity index (χ0) is 29.3. The summed E-state index contributed by atoms with van der Waals surface area (Å²) in [6, 6.07) is 4.21. The summed E-state index contributed by atoms with van der Waals surface area (Å²) in [4.78, 5) is 39.6. The number of benzene rings is 2. The highest BCUT2D eigenvalue weighted by atomic mass is 19.3. The van der Waals surface area contributed by atoms with Crippen molar-refractivity contribution in [2.24, 2.45) is 0 Å². The minimum atomic E-state index is -3.60. The van der Waals surface area contributed by atoms with Gasteiger partial charge >= 0.3 is 0 Å². The van der Waals surface area contributed by atoms with Gasteiger partial charge in [0.05, 0.1) is 29.9 Å². The van der Waals surface area contributed by atoms with Crippen LogP contribution in [0.5, 0.6) is 17.2 Å². The number of aliphatic hydroxyl groups is 3. The molecule has 13 heteroatoms. The zero-order valence-corrected chi connectivity index (χ0v) is 21.3. The van der Waals surface area contributed by atoms with Crippen molar-refractivity contribution in [2.75, 3.05) is 13.7 Å². The summed E-state index contributed by atoms with van der Waals surface area (Å²) in [6.45, 7) is -0.101. The highest BCUT2D eigenvalue weighted by Gasteiger charge is 2.53.